The van der Waals surface area contributed by atoms with Gasteiger partial charge in [-0.2, -0.15) is 13.2 Å². The van der Waals surface area contributed by atoms with Gasteiger partial charge in [-0.05, 0) is 52.3 Å². The lowest BCUT2D eigenvalue weighted by Gasteiger charge is -2.33. The molecule has 10 heteroatoms. The van der Waals surface area contributed by atoms with Gasteiger partial charge in [0.1, 0.15) is 5.76 Å². The number of halogens is 3. The van der Waals surface area contributed by atoms with Gasteiger partial charge < -0.3 is 15.2 Å². The molecule has 30 heavy (non-hydrogen) atoms. The van der Waals surface area contributed by atoms with Crippen molar-refractivity contribution in [1.82, 2.24) is 15.4 Å². The van der Waals surface area contributed by atoms with Crippen molar-refractivity contribution in [2.75, 3.05) is 25.0 Å². The normalized spacial score (nSPS) is 23.0. The van der Waals surface area contributed by atoms with Crippen LogP contribution in [0.1, 0.15) is 51.1 Å². The summed E-state index contributed by atoms with van der Waals surface area (Å²) in [6.45, 7) is 3.81. The molecule has 0 spiro atoms. The molecule has 1 amide bonds. The van der Waals surface area contributed by atoms with Crippen molar-refractivity contribution in [3.63, 3.8) is 0 Å². The number of aryl methyl sites for hydroxylation is 2. The Labute approximate surface area is 176 Å². The molecule has 2 aromatic rings. The lowest BCUT2D eigenvalue weighted by Crippen LogP contribution is -2.46. The maximum atomic E-state index is 12.5. The topological polar surface area (TPSA) is 70.4 Å². The zero-order valence-electron chi connectivity index (χ0n) is 16.9. The van der Waals surface area contributed by atoms with Crippen LogP contribution >= 0.6 is 11.3 Å². The first kappa shape index (κ1) is 21.3. The average molecular weight is 443 g/mol. The van der Waals surface area contributed by atoms with Gasteiger partial charge in [-0.25, -0.2) is 0 Å². The van der Waals surface area contributed by atoms with E-state index in [1.54, 1.807) is 24.3 Å². The van der Waals surface area contributed by atoms with Crippen LogP contribution in [0.2, 0.25) is 0 Å². The number of anilines is 1. The summed E-state index contributed by atoms with van der Waals surface area (Å²) < 4.78 is 42.5. The number of likely N-dealkylation sites (tertiary alicyclic amines) is 1. The fraction of sp³-hybridized carbons (Fsp3) is 0.600. The van der Waals surface area contributed by atoms with E-state index in [0.29, 0.717) is 42.2 Å². The van der Waals surface area contributed by atoms with Gasteiger partial charge in [0.05, 0.1) is 12.1 Å². The number of thiophene rings is 1. The van der Waals surface area contributed by atoms with Gasteiger partial charge >= 0.3 is 6.18 Å². The van der Waals surface area contributed by atoms with Gasteiger partial charge in [0.2, 0.25) is 0 Å². The summed E-state index contributed by atoms with van der Waals surface area (Å²) in [5.41, 5.74) is 0.641. The minimum absolute atomic E-state index is 0.203. The maximum absolute atomic E-state index is 12.5. The van der Waals surface area contributed by atoms with E-state index < -0.39 is 12.7 Å². The fourth-order valence-electron chi connectivity index (χ4n) is 4.03. The molecule has 1 aliphatic heterocycles. The molecule has 6 nitrogen and oxygen atoms in total. The summed E-state index contributed by atoms with van der Waals surface area (Å²) in [6, 6.07) is 4.20. The number of nitrogens with zero attached hydrogens (tertiary/aromatic N) is 2. The smallest absolute Gasteiger partial charge is 0.360 e. The minimum Gasteiger partial charge on any atom is -0.360 e. The van der Waals surface area contributed by atoms with E-state index in [-0.39, 0.29) is 11.9 Å². The van der Waals surface area contributed by atoms with Gasteiger partial charge in [-0.15, -0.1) is 11.3 Å². The molecule has 3 heterocycles. The molecule has 0 bridgehead atoms. The van der Waals surface area contributed by atoms with Crippen LogP contribution in [0, 0.1) is 13.8 Å². The molecule has 1 aliphatic carbocycles. The largest absolute Gasteiger partial charge is 0.401 e. The Morgan fingerprint density at radius 2 is 2.03 bits per heavy atom. The van der Waals surface area contributed by atoms with Gasteiger partial charge in [-0.1, -0.05) is 5.16 Å². The number of amides is 1. The molecule has 1 saturated carbocycles. The number of piperidine rings is 1. The SMILES string of the molecule is Cc1cc(NC(=O)c2cc(C3CC3NC3CCN(CC(F)(F)F)CC3)sc2C)no1. The molecule has 4 rings (SSSR count). The number of rotatable bonds is 6. The Morgan fingerprint density at radius 1 is 1.30 bits per heavy atom. The van der Waals surface area contributed by atoms with Crippen molar-refractivity contribution in [2.45, 2.75) is 57.3 Å². The average Bonchev–Trinajstić information content (AvgIpc) is 3.12. The van der Waals surface area contributed by atoms with Crippen molar-refractivity contribution < 1.29 is 22.5 Å². The summed E-state index contributed by atoms with van der Waals surface area (Å²) in [5.74, 6) is 1.18. The second-order valence-electron chi connectivity index (χ2n) is 8.18. The first-order valence-electron chi connectivity index (χ1n) is 10.1. The number of alkyl halides is 3. The van der Waals surface area contributed by atoms with Gasteiger partial charge in [0.15, 0.2) is 5.82 Å². The van der Waals surface area contributed by atoms with E-state index in [1.807, 2.05) is 13.0 Å². The standard InChI is InChI=1S/C20H25F3N4O2S/c1-11-7-18(26-29-11)25-19(28)14-9-17(30-12(14)2)15-8-16(15)24-13-3-5-27(6-4-13)10-20(21,22)23/h7,9,13,15-16,24H,3-6,8,10H2,1-2H3,(H,25,26,28). The molecule has 0 aromatic carbocycles. The van der Waals surface area contributed by atoms with Crippen LogP contribution < -0.4 is 10.6 Å². The Hall–Kier alpha value is -1.91. The minimum atomic E-state index is -4.13. The second kappa shape index (κ2) is 8.32. The maximum Gasteiger partial charge on any atom is 0.401 e. The molecular weight excluding hydrogens is 417 g/mol. The first-order chi connectivity index (χ1) is 14.2. The van der Waals surface area contributed by atoms with Crippen molar-refractivity contribution in [3.05, 3.63) is 33.2 Å². The second-order valence-corrected chi connectivity index (χ2v) is 9.46. The number of carbonyl (C=O) groups excluding carboxylic acids is 1. The third-order valence-corrected chi connectivity index (χ3v) is 6.83. The molecular formula is C20H25F3N4O2S. The third-order valence-electron chi connectivity index (χ3n) is 5.65. The predicted molar refractivity (Wildman–Crippen MR) is 108 cm³/mol. The predicted octanol–water partition coefficient (Wildman–Crippen LogP) is 4.08. The highest BCUT2D eigenvalue weighted by Crippen LogP contribution is 2.45. The number of nitrogens with one attached hydrogen (secondary N) is 2. The van der Waals surface area contributed by atoms with Gasteiger partial charge in [-0.3, -0.25) is 9.69 Å². The van der Waals surface area contributed by atoms with E-state index in [0.717, 1.165) is 24.1 Å². The zero-order chi connectivity index (χ0) is 21.5. The van der Waals surface area contributed by atoms with Gasteiger partial charge in [0.25, 0.3) is 5.91 Å². The summed E-state index contributed by atoms with van der Waals surface area (Å²) in [6.07, 6.45) is -1.68. The fourth-order valence-corrected chi connectivity index (χ4v) is 5.23. The highest BCUT2D eigenvalue weighted by atomic mass is 32.1. The number of hydrogen-bond donors (Lipinski definition) is 2. The first-order valence-corrected chi connectivity index (χ1v) is 10.9. The van der Waals surface area contributed by atoms with E-state index in [4.69, 9.17) is 4.52 Å². The van der Waals surface area contributed by atoms with Crippen LogP contribution in [0.4, 0.5) is 19.0 Å². The summed E-state index contributed by atoms with van der Waals surface area (Å²) >= 11 is 1.62. The number of aromatic nitrogens is 1. The quantitative estimate of drug-likeness (QED) is 0.706. The molecule has 2 aliphatic rings. The Balaban J connectivity index is 1.28. The summed E-state index contributed by atoms with van der Waals surface area (Å²) in [5, 5.41) is 10.1. The molecule has 2 atom stereocenters. The Kier molecular flexibility index (Phi) is 5.91. The molecule has 0 radical (unpaired) electrons. The van der Waals surface area contributed by atoms with Crippen molar-refractivity contribution in [2.24, 2.45) is 0 Å². The highest BCUT2D eigenvalue weighted by Gasteiger charge is 2.42. The molecule has 1 saturated heterocycles. The lowest BCUT2D eigenvalue weighted by atomic mass is 10.0. The Morgan fingerprint density at radius 3 is 2.67 bits per heavy atom. The van der Waals surface area contributed by atoms with E-state index >= 15 is 0 Å². The third kappa shape index (κ3) is 5.22. The zero-order valence-corrected chi connectivity index (χ0v) is 17.7. The monoisotopic (exact) mass is 442 g/mol. The van der Waals surface area contributed by atoms with E-state index in [1.165, 1.54) is 9.78 Å². The summed E-state index contributed by atoms with van der Waals surface area (Å²) in [7, 11) is 0. The van der Waals surface area contributed by atoms with Crippen LogP contribution in [-0.4, -0.2) is 53.9 Å². The summed E-state index contributed by atoms with van der Waals surface area (Å²) in [4.78, 5) is 16.1. The van der Waals surface area contributed by atoms with Crippen LogP contribution in [-0.2, 0) is 0 Å². The van der Waals surface area contributed by atoms with Crippen molar-refractivity contribution in [1.29, 1.82) is 0 Å². The van der Waals surface area contributed by atoms with Crippen LogP contribution in [0.5, 0.6) is 0 Å². The number of hydrogen-bond acceptors (Lipinski definition) is 6. The number of carbonyl (C=O) groups is 1. The van der Waals surface area contributed by atoms with Crippen LogP contribution in [0.15, 0.2) is 16.7 Å². The molecule has 2 fully saturated rings. The Bertz CT molecular complexity index is 902. The van der Waals surface area contributed by atoms with Crippen LogP contribution in [0.25, 0.3) is 0 Å². The molecule has 2 aromatic heterocycles. The molecule has 164 valence electrons. The van der Waals surface area contributed by atoms with Crippen LogP contribution in [0.3, 0.4) is 0 Å². The molecule has 2 unspecified atom stereocenters. The van der Waals surface area contributed by atoms with E-state index in [2.05, 4.69) is 15.8 Å². The highest BCUT2D eigenvalue weighted by molar-refractivity contribution is 7.12. The molecule has 2 N–H and O–H groups in total. The van der Waals surface area contributed by atoms with Crippen molar-refractivity contribution in [3.8, 4) is 0 Å². The lowest BCUT2D eigenvalue weighted by molar-refractivity contribution is -0.148. The van der Waals surface area contributed by atoms with Crippen molar-refractivity contribution >= 4 is 23.1 Å². The van der Waals surface area contributed by atoms with E-state index in [9.17, 15) is 18.0 Å². The van der Waals surface area contributed by atoms with Gasteiger partial charge in [0, 0.05) is 33.8 Å².